The molecule has 1 unspecified atom stereocenters. The molecule has 40 heavy (non-hydrogen) atoms. The Morgan fingerprint density at radius 3 is 2.65 bits per heavy atom. The lowest BCUT2D eigenvalue weighted by Gasteiger charge is -2.23. The molecule has 0 bridgehead atoms. The maximum absolute atomic E-state index is 12.3. The van der Waals surface area contributed by atoms with E-state index in [2.05, 4.69) is 35.5 Å². The summed E-state index contributed by atoms with van der Waals surface area (Å²) in [6.45, 7) is 5.83. The van der Waals surface area contributed by atoms with Crippen LogP contribution in [0.4, 0.5) is 9.59 Å². The second-order valence-corrected chi connectivity index (χ2v) is 10.3. The van der Waals surface area contributed by atoms with E-state index < -0.39 is 23.8 Å². The van der Waals surface area contributed by atoms with Gasteiger partial charge in [-0.1, -0.05) is 23.2 Å². The molecule has 4 aromatic rings. The number of nitrogens with zero attached hydrogens (tertiary/aromatic N) is 6. The number of benzene rings is 1. The lowest BCUT2D eigenvalue weighted by molar-refractivity contribution is 0.0496. The highest BCUT2D eigenvalue weighted by atomic mass is 35.5. The zero-order chi connectivity index (χ0) is 28.9. The van der Waals surface area contributed by atoms with Crippen molar-refractivity contribution in [3.63, 3.8) is 0 Å². The van der Waals surface area contributed by atoms with E-state index in [1.54, 1.807) is 37.5 Å². The number of halogens is 2. The van der Waals surface area contributed by atoms with Crippen LogP contribution in [0.5, 0.6) is 11.6 Å². The van der Waals surface area contributed by atoms with Gasteiger partial charge in [0.2, 0.25) is 0 Å². The minimum atomic E-state index is -1.02. The first-order valence-corrected chi connectivity index (χ1v) is 12.8. The largest absolute Gasteiger partial charge is 0.493 e. The standard InChI is InChI=1S/C24H27Cl2N9O5/c1-24(2,3)40-23(37)33-15(19-28-11-32-34-19)5-4-8-38-16-7-6-14(25)17(26)13(16)9-35-12-31-18-20(35)29-10-30-21(18)39-22(27)36/h6-7,10-12,15H,4-5,8-9H2,1-3H3,(H2,27,36)(H,33,37)(H,28,32,34). The van der Waals surface area contributed by atoms with E-state index in [0.29, 0.717) is 45.7 Å². The summed E-state index contributed by atoms with van der Waals surface area (Å²) < 4.78 is 18.0. The first-order chi connectivity index (χ1) is 19.0. The first-order valence-electron chi connectivity index (χ1n) is 12.1. The van der Waals surface area contributed by atoms with Crippen LogP contribution >= 0.6 is 23.2 Å². The third-order valence-corrected chi connectivity index (χ3v) is 6.24. The number of carbonyl (C=O) groups excluding carboxylic acids is 2. The Bertz CT molecular complexity index is 1490. The predicted octanol–water partition coefficient (Wildman–Crippen LogP) is 4.18. The highest BCUT2D eigenvalue weighted by Crippen LogP contribution is 2.35. The highest BCUT2D eigenvalue weighted by Gasteiger charge is 2.23. The molecule has 1 aromatic carbocycles. The number of nitrogens with one attached hydrogen (secondary N) is 2. The molecule has 0 fully saturated rings. The second-order valence-electron chi connectivity index (χ2n) is 9.54. The molecule has 0 saturated heterocycles. The number of carbonyl (C=O) groups is 2. The second kappa shape index (κ2) is 12.3. The Hall–Kier alpha value is -4.17. The van der Waals surface area contributed by atoms with Crippen LogP contribution in [-0.4, -0.2) is 59.1 Å². The number of aromatic amines is 1. The molecule has 2 amide bonds. The molecule has 4 rings (SSSR count). The summed E-state index contributed by atoms with van der Waals surface area (Å²) in [5.41, 5.74) is 5.69. The van der Waals surface area contributed by atoms with Gasteiger partial charge in [0.05, 0.1) is 35.6 Å². The Kier molecular flexibility index (Phi) is 8.90. The van der Waals surface area contributed by atoms with Crippen molar-refractivity contribution in [1.82, 2.24) is 40.0 Å². The van der Waals surface area contributed by atoms with E-state index in [0.717, 1.165) is 0 Å². The number of imidazole rings is 1. The van der Waals surface area contributed by atoms with Crippen LogP contribution in [0.2, 0.25) is 10.0 Å². The van der Waals surface area contributed by atoms with Gasteiger partial charge in [0.15, 0.2) is 11.2 Å². The van der Waals surface area contributed by atoms with Crippen LogP contribution < -0.4 is 20.5 Å². The fraction of sp³-hybridized carbons (Fsp3) is 0.375. The van der Waals surface area contributed by atoms with Crippen molar-refractivity contribution in [1.29, 1.82) is 0 Å². The average Bonchev–Trinajstić information content (AvgIpc) is 3.55. The molecule has 0 saturated carbocycles. The number of aromatic nitrogens is 7. The molecule has 16 heteroatoms. The van der Waals surface area contributed by atoms with Gasteiger partial charge in [-0.15, -0.1) is 0 Å². The number of alkyl carbamates (subject to hydrolysis) is 1. The fourth-order valence-corrected chi connectivity index (χ4v) is 4.15. The van der Waals surface area contributed by atoms with Crippen LogP contribution in [0.3, 0.4) is 0 Å². The third kappa shape index (κ3) is 7.27. The summed E-state index contributed by atoms with van der Waals surface area (Å²) >= 11 is 12.9. The van der Waals surface area contributed by atoms with Crippen molar-refractivity contribution in [3.8, 4) is 11.6 Å². The van der Waals surface area contributed by atoms with Gasteiger partial charge in [-0.3, -0.25) is 5.10 Å². The van der Waals surface area contributed by atoms with Gasteiger partial charge in [0, 0.05) is 5.56 Å². The lowest BCUT2D eigenvalue weighted by Crippen LogP contribution is -2.35. The van der Waals surface area contributed by atoms with Crippen LogP contribution in [0, 0.1) is 0 Å². The van der Waals surface area contributed by atoms with E-state index in [9.17, 15) is 9.59 Å². The van der Waals surface area contributed by atoms with E-state index in [1.807, 2.05) is 0 Å². The fourth-order valence-electron chi connectivity index (χ4n) is 3.75. The number of rotatable bonds is 10. The Labute approximate surface area is 238 Å². The Morgan fingerprint density at radius 2 is 1.95 bits per heavy atom. The van der Waals surface area contributed by atoms with Gasteiger partial charge < -0.3 is 29.8 Å². The number of H-pyrrole nitrogens is 1. The SMILES string of the molecule is CC(C)(C)OC(=O)NC(CCCOc1ccc(Cl)c(Cl)c1Cn1cnc2c(OC(N)=O)ncnc21)c1ncn[nH]1. The number of fused-ring (bicyclic) bond motifs is 1. The molecular formula is C24H27Cl2N9O5. The molecule has 212 valence electrons. The van der Waals surface area contributed by atoms with Crippen LogP contribution in [-0.2, 0) is 11.3 Å². The summed E-state index contributed by atoms with van der Waals surface area (Å²) in [7, 11) is 0. The van der Waals surface area contributed by atoms with Gasteiger partial charge in [-0.25, -0.2) is 24.5 Å². The topological polar surface area (TPSA) is 185 Å². The van der Waals surface area contributed by atoms with Crippen LogP contribution in [0.25, 0.3) is 11.2 Å². The predicted molar refractivity (Wildman–Crippen MR) is 144 cm³/mol. The number of hydrogen-bond acceptors (Lipinski definition) is 10. The molecule has 3 heterocycles. The van der Waals surface area contributed by atoms with Crippen molar-refractivity contribution in [2.75, 3.05) is 6.61 Å². The van der Waals surface area contributed by atoms with Gasteiger partial charge in [0.1, 0.15) is 29.8 Å². The number of primary amides is 1. The maximum Gasteiger partial charge on any atom is 0.411 e. The monoisotopic (exact) mass is 591 g/mol. The quantitative estimate of drug-likeness (QED) is 0.226. The molecule has 0 spiro atoms. The summed E-state index contributed by atoms with van der Waals surface area (Å²) in [5.74, 6) is 0.927. The molecule has 14 nitrogen and oxygen atoms in total. The zero-order valence-electron chi connectivity index (χ0n) is 21.9. The van der Waals surface area contributed by atoms with Crippen LogP contribution in [0.1, 0.15) is 51.0 Å². The zero-order valence-corrected chi connectivity index (χ0v) is 23.4. The first kappa shape index (κ1) is 28.8. The highest BCUT2D eigenvalue weighted by molar-refractivity contribution is 6.42. The molecule has 3 aromatic heterocycles. The van der Waals surface area contributed by atoms with E-state index in [4.69, 9.17) is 43.1 Å². The molecule has 0 radical (unpaired) electrons. The average molecular weight is 592 g/mol. The van der Waals surface area contributed by atoms with Gasteiger partial charge in [0.25, 0.3) is 5.88 Å². The van der Waals surface area contributed by atoms with Crippen LogP contribution in [0.15, 0.2) is 31.1 Å². The lowest BCUT2D eigenvalue weighted by atomic mass is 10.1. The van der Waals surface area contributed by atoms with Crippen molar-refractivity contribution in [2.45, 2.75) is 51.8 Å². The smallest absolute Gasteiger partial charge is 0.411 e. The number of nitrogens with two attached hydrogens (primary N) is 1. The summed E-state index contributed by atoms with van der Waals surface area (Å²) in [6.07, 6.45) is 3.53. The summed E-state index contributed by atoms with van der Waals surface area (Å²) in [5, 5.41) is 10.1. The number of amides is 2. The summed E-state index contributed by atoms with van der Waals surface area (Å²) in [4.78, 5) is 40.1. The van der Waals surface area contributed by atoms with Crippen molar-refractivity contribution in [3.05, 3.63) is 52.5 Å². The molecule has 0 aliphatic carbocycles. The third-order valence-electron chi connectivity index (χ3n) is 5.40. The maximum atomic E-state index is 12.3. The molecule has 4 N–H and O–H groups in total. The van der Waals surface area contributed by atoms with Gasteiger partial charge >= 0.3 is 12.2 Å². The van der Waals surface area contributed by atoms with E-state index >= 15 is 0 Å². The molecule has 1 atom stereocenters. The molecule has 0 aliphatic rings. The van der Waals surface area contributed by atoms with Gasteiger partial charge in [-0.2, -0.15) is 10.1 Å². The van der Waals surface area contributed by atoms with Crippen molar-refractivity contribution < 1.29 is 23.8 Å². The minimum Gasteiger partial charge on any atom is -0.493 e. The summed E-state index contributed by atoms with van der Waals surface area (Å²) in [6, 6.07) is 2.88. The Morgan fingerprint density at radius 1 is 1.15 bits per heavy atom. The van der Waals surface area contributed by atoms with Crippen molar-refractivity contribution in [2.24, 2.45) is 5.73 Å². The van der Waals surface area contributed by atoms with E-state index in [-0.39, 0.29) is 24.5 Å². The normalized spacial score (nSPS) is 12.2. The number of ether oxygens (including phenoxy) is 3. The molecule has 0 aliphatic heterocycles. The molecular weight excluding hydrogens is 565 g/mol. The number of hydrogen-bond donors (Lipinski definition) is 3. The van der Waals surface area contributed by atoms with Gasteiger partial charge in [-0.05, 0) is 45.7 Å². The van der Waals surface area contributed by atoms with Crippen molar-refractivity contribution >= 4 is 46.6 Å². The Balaban J connectivity index is 1.46. The minimum absolute atomic E-state index is 0.0637. The van der Waals surface area contributed by atoms with E-state index in [1.165, 1.54) is 19.0 Å².